The molecule has 1 atom stereocenters. The van der Waals surface area contributed by atoms with Gasteiger partial charge in [-0.2, -0.15) is 5.10 Å². The molecule has 0 bridgehead atoms. The van der Waals surface area contributed by atoms with E-state index in [2.05, 4.69) is 10.2 Å². The van der Waals surface area contributed by atoms with E-state index in [1.807, 2.05) is 13.0 Å². The van der Waals surface area contributed by atoms with Gasteiger partial charge in [-0.25, -0.2) is 0 Å². The lowest BCUT2D eigenvalue weighted by Gasteiger charge is -2.34. The van der Waals surface area contributed by atoms with Gasteiger partial charge in [0.05, 0.1) is 24.8 Å². The van der Waals surface area contributed by atoms with E-state index in [-0.39, 0.29) is 18.6 Å². The number of aromatic nitrogens is 2. The molecule has 0 radical (unpaired) electrons. The maximum atomic E-state index is 12.1. The topological polar surface area (TPSA) is 69.2 Å². The number of aromatic amines is 1. The Hall–Kier alpha value is -1.36. The van der Waals surface area contributed by atoms with Crippen LogP contribution < -0.4 is 0 Å². The molecule has 0 aromatic carbocycles. The number of nitrogens with zero attached hydrogens (tertiary/aromatic N) is 2. The summed E-state index contributed by atoms with van der Waals surface area (Å²) in [4.78, 5) is 13.9. The zero-order valence-electron chi connectivity index (χ0n) is 10.1. The molecule has 1 aliphatic heterocycles. The van der Waals surface area contributed by atoms with Crippen LogP contribution in [0.2, 0.25) is 0 Å². The molecule has 0 spiro atoms. The van der Waals surface area contributed by atoms with Crippen LogP contribution >= 0.6 is 0 Å². The Morgan fingerprint density at radius 3 is 3.12 bits per heavy atom. The summed E-state index contributed by atoms with van der Waals surface area (Å²) in [6, 6.07) is 1.88. The number of aryl methyl sites for hydroxylation is 1. The smallest absolute Gasteiger partial charge is 0.228 e. The van der Waals surface area contributed by atoms with Crippen molar-refractivity contribution >= 4 is 5.91 Å². The molecule has 5 heteroatoms. The van der Waals surface area contributed by atoms with Gasteiger partial charge in [-0.15, -0.1) is 0 Å². The van der Waals surface area contributed by atoms with E-state index in [4.69, 9.17) is 0 Å². The van der Waals surface area contributed by atoms with Crippen LogP contribution in [0.4, 0.5) is 0 Å². The third-order valence-electron chi connectivity index (χ3n) is 3.25. The van der Waals surface area contributed by atoms with Gasteiger partial charge in [0.15, 0.2) is 0 Å². The second-order valence-corrected chi connectivity index (χ2v) is 4.64. The van der Waals surface area contributed by atoms with Crippen molar-refractivity contribution in [2.45, 2.75) is 38.6 Å². The average molecular weight is 237 g/mol. The molecule has 2 rings (SSSR count). The molecule has 1 unspecified atom stereocenters. The Morgan fingerprint density at radius 2 is 2.47 bits per heavy atom. The Labute approximate surface area is 101 Å². The Morgan fingerprint density at radius 1 is 1.65 bits per heavy atom. The monoisotopic (exact) mass is 237 g/mol. The molecule has 1 saturated heterocycles. The van der Waals surface area contributed by atoms with Crippen molar-refractivity contribution in [2.75, 3.05) is 13.2 Å². The van der Waals surface area contributed by atoms with Gasteiger partial charge in [0.2, 0.25) is 5.91 Å². The van der Waals surface area contributed by atoms with Gasteiger partial charge in [-0.05, 0) is 32.3 Å². The van der Waals surface area contributed by atoms with E-state index < -0.39 is 0 Å². The number of carbonyl (C=O) groups is 1. The molecular weight excluding hydrogens is 218 g/mol. The molecule has 5 nitrogen and oxygen atoms in total. The predicted octanol–water partition coefficient (Wildman–Crippen LogP) is 0.634. The minimum atomic E-state index is -0.00344. The van der Waals surface area contributed by atoms with Crippen molar-refractivity contribution in [2.24, 2.45) is 0 Å². The standard InChI is InChI=1S/C12H19N3O2/c1-9-6-10(14-13-9)7-12(17)15-5-3-2-4-11(15)8-16/h6,11,16H,2-5,7-8H2,1H3,(H,13,14). The number of nitrogens with one attached hydrogen (secondary N) is 1. The molecule has 1 aromatic heterocycles. The van der Waals surface area contributed by atoms with Crippen LogP contribution in [0.3, 0.4) is 0 Å². The first-order valence-corrected chi connectivity index (χ1v) is 6.12. The highest BCUT2D eigenvalue weighted by Crippen LogP contribution is 2.17. The number of carbonyl (C=O) groups excluding carboxylic acids is 1. The minimum absolute atomic E-state index is 0.00344. The van der Waals surface area contributed by atoms with Crippen molar-refractivity contribution in [1.82, 2.24) is 15.1 Å². The fourth-order valence-electron chi connectivity index (χ4n) is 2.34. The fourth-order valence-corrected chi connectivity index (χ4v) is 2.34. The van der Waals surface area contributed by atoms with E-state index in [1.165, 1.54) is 0 Å². The summed E-state index contributed by atoms with van der Waals surface area (Å²) < 4.78 is 0. The molecule has 1 aliphatic rings. The number of H-pyrrole nitrogens is 1. The van der Waals surface area contributed by atoms with Gasteiger partial charge in [-0.1, -0.05) is 0 Å². The molecule has 2 N–H and O–H groups in total. The lowest BCUT2D eigenvalue weighted by atomic mass is 10.0. The number of amides is 1. The second-order valence-electron chi connectivity index (χ2n) is 4.64. The van der Waals surface area contributed by atoms with Crippen LogP contribution in [-0.2, 0) is 11.2 Å². The number of likely N-dealkylation sites (tertiary alicyclic amines) is 1. The van der Waals surface area contributed by atoms with Crippen molar-refractivity contribution in [3.63, 3.8) is 0 Å². The van der Waals surface area contributed by atoms with Gasteiger partial charge in [0.1, 0.15) is 0 Å². The van der Waals surface area contributed by atoms with Crippen LogP contribution in [-0.4, -0.2) is 45.3 Å². The molecule has 2 heterocycles. The first-order chi connectivity index (χ1) is 8.20. The number of aliphatic hydroxyl groups is 1. The van der Waals surface area contributed by atoms with Crippen LogP contribution in [0.5, 0.6) is 0 Å². The zero-order valence-corrected chi connectivity index (χ0v) is 10.1. The lowest BCUT2D eigenvalue weighted by Crippen LogP contribution is -2.46. The van der Waals surface area contributed by atoms with Gasteiger partial charge in [0, 0.05) is 12.2 Å². The van der Waals surface area contributed by atoms with Crippen LogP contribution in [0.15, 0.2) is 6.07 Å². The number of rotatable bonds is 3. The molecule has 94 valence electrons. The average Bonchev–Trinajstić information content (AvgIpc) is 2.74. The molecule has 0 aliphatic carbocycles. The van der Waals surface area contributed by atoms with Gasteiger partial charge in [0.25, 0.3) is 0 Å². The first-order valence-electron chi connectivity index (χ1n) is 6.12. The van der Waals surface area contributed by atoms with E-state index in [0.29, 0.717) is 6.42 Å². The fraction of sp³-hybridized carbons (Fsp3) is 0.667. The summed E-state index contributed by atoms with van der Waals surface area (Å²) in [5.74, 6) is 0.0650. The van der Waals surface area contributed by atoms with Gasteiger partial charge < -0.3 is 10.0 Å². The highest BCUT2D eigenvalue weighted by atomic mass is 16.3. The number of hydrogen-bond donors (Lipinski definition) is 2. The summed E-state index contributed by atoms with van der Waals surface area (Å²) in [6.07, 6.45) is 3.35. The number of hydrogen-bond acceptors (Lipinski definition) is 3. The summed E-state index contributed by atoms with van der Waals surface area (Å²) in [6.45, 7) is 2.73. The molecule has 1 fully saturated rings. The second kappa shape index (κ2) is 5.31. The number of piperidine rings is 1. The summed E-state index contributed by atoms with van der Waals surface area (Å²) in [5.41, 5.74) is 1.74. The largest absolute Gasteiger partial charge is 0.394 e. The van der Waals surface area contributed by atoms with Crippen LogP contribution in [0.1, 0.15) is 30.7 Å². The molecule has 1 aromatic rings. The lowest BCUT2D eigenvalue weighted by molar-refractivity contribution is -0.135. The highest BCUT2D eigenvalue weighted by Gasteiger charge is 2.26. The van der Waals surface area contributed by atoms with Gasteiger partial charge >= 0.3 is 0 Å². The molecule has 17 heavy (non-hydrogen) atoms. The maximum Gasteiger partial charge on any atom is 0.228 e. The normalized spacial score (nSPS) is 20.6. The summed E-state index contributed by atoms with van der Waals surface area (Å²) in [5, 5.41) is 16.2. The Bertz CT molecular complexity index is 389. The zero-order chi connectivity index (χ0) is 12.3. The van der Waals surface area contributed by atoms with E-state index >= 15 is 0 Å². The molecular formula is C12H19N3O2. The van der Waals surface area contributed by atoms with Crippen molar-refractivity contribution in [3.05, 3.63) is 17.5 Å². The maximum absolute atomic E-state index is 12.1. The summed E-state index contributed by atoms with van der Waals surface area (Å²) >= 11 is 0. The van der Waals surface area contributed by atoms with Crippen molar-refractivity contribution < 1.29 is 9.90 Å². The first kappa shape index (κ1) is 12.1. The predicted molar refractivity (Wildman–Crippen MR) is 63.5 cm³/mol. The van der Waals surface area contributed by atoms with Crippen LogP contribution in [0.25, 0.3) is 0 Å². The Balaban J connectivity index is 1.98. The molecule has 0 saturated carbocycles. The van der Waals surface area contributed by atoms with Crippen LogP contribution in [0, 0.1) is 6.92 Å². The third-order valence-corrected chi connectivity index (χ3v) is 3.25. The van der Waals surface area contributed by atoms with E-state index in [0.717, 1.165) is 37.2 Å². The van der Waals surface area contributed by atoms with Gasteiger partial charge in [-0.3, -0.25) is 9.89 Å². The van der Waals surface area contributed by atoms with Crippen molar-refractivity contribution in [1.29, 1.82) is 0 Å². The highest BCUT2D eigenvalue weighted by molar-refractivity contribution is 5.78. The third kappa shape index (κ3) is 2.85. The molecule has 1 amide bonds. The minimum Gasteiger partial charge on any atom is -0.394 e. The van der Waals surface area contributed by atoms with Crippen molar-refractivity contribution in [3.8, 4) is 0 Å². The Kier molecular flexibility index (Phi) is 3.78. The summed E-state index contributed by atoms with van der Waals surface area (Å²) in [7, 11) is 0. The quantitative estimate of drug-likeness (QED) is 0.810. The SMILES string of the molecule is Cc1cc(CC(=O)N2CCCCC2CO)n[nH]1. The number of aliphatic hydroxyl groups excluding tert-OH is 1. The van der Waals surface area contributed by atoms with E-state index in [1.54, 1.807) is 4.90 Å². The van der Waals surface area contributed by atoms with E-state index in [9.17, 15) is 9.90 Å².